The van der Waals surface area contributed by atoms with E-state index in [4.69, 9.17) is 4.74 Å². The fourth-order valence-corrected chi connectivity index (χ4v) is 3.34. The summed E-state index contributed by atoms with van der Waals surface area (Å²) in [6.45, 7) is 5.52. The van der Waals surface area contributed by atoms with Crippen LogP contribution in [0.4, 0.5) is 11.4 Å². The summed E-state index contributed by atoms with van der Waals surface area (Å²) in [6, 6.07) is 7.70. The van der Waals surface area contributed by atoms with Gasteiger partial charge in [-0.25, -0.2) is 0 Å². The number of nitrogens with one attached hydrogen (secondary N) is 2. The highest BCUT2D eigenvalue weighted by Gasteiger charge is 2.45. The van der Waals surface area contributed by atoms with Gasteiger partial charge in [0.25, 0.3) is 5.91 Å². The van der Waals surface area contributed by atoms with Crippen molar-refractivity contribution in [1.29, 1.82) is 0 Å². The van der Waals surface area contributed by atoms with E-state index in [2.05, 4.69) is 10.6 Å². The number of amides is 2. The molecule has 0 saturated carbocycles. The Bertz CT molecular complexity index is 624. The topological polar surface area (TPSA) is 70.7 Å². The van der Waals surface area contributed by atoms with Gasteiger partial charge in [-0.3, -0.25) is 9.59 Å². The molecule has 24 heavy (non-hydrogen) atoms. The first-order valence-electron chi connectivity index (χ1n) is 8.65. The molecule has 6 nitrogen and oxygen atoms in total. The lowest BCUT2D eigenvalue weighted by Crippen LogP contribution is -2.59. The van der Waals surface area contributed by atoms with E-state index in [-0.39, 0.29) is 11.8 Å². The monoisotopic (exact) mass is 331 g/mol. The fourth-order valence-electron chi connectivity index (χ4n) is 3.34. The smallest absolute Gasteiger partial charge is 0.251 e. The van der Waals surface area contributed by atoms with Gasteiger partial charge < -0.3 is 20.3 Å². The van der Waals surface area contributed by atoms with Crippen molar-refractivity contribution < 1.29 is 14.3 Å². The highest BCUT2D eigenvalue weighted by atomic mass is 16.5. The Balaban J connectivity index is 1.64. The second kappa shape index (κ2) is 6.81. The molecular weight excluding hydrogens is 306 g/mol. The molecule has 3 rings (SSSR count). The Morgan fingerprint density at radius 1 is 1.29 bits per heavy atom. The number of hydrogen-bond donors (Lipinski definition) is 2. The number of piperidine rings is 1. The van der Waals surface area contributed by atoms with Crippen molar-refractivity contribution in [3.8, 4) is 0 Å². The van der Waals surface area contributed by atoms with Crippen LogP contribution in [0.2, 0.25) is 0 Å². The molecule has 2 aliphatic heterocycles. The normalized spacial score (nSPS) is 20.1. The van der Waals surface area contributed by atoms with Crippen molar-refractivity contribution in [3.05, 3.63) is 24.3 Å². The number of fused-ring (bicyclic) bond motifs is 1. The molecule has 1 aromatic rings. The summed E-state index contributed by atoms with van der Waals surface area (Å²) < 4.78 is 5.52. The van der Waals surface area contributed by atoms with Crippen LogP contribution in [0.1, 0.15) is 33.1 Å². The third kappa shape index (κ3) is 3.11. The van der Waals surface area contributed by atoms with Crippen molar-refractivity contribution in [2.45, 2.75) is 44.8 Å². The summed E-state index contributed by atoms with van der Waals surface area (Å²) in [7, 11) is 0. The Hall–Kier alpha value is -2.08. The highest BCUT2D eigenvalue weighted by Crippen LogP contribution is 2.36. The molecule has 0 aliphatic carbocycles. The standard InChI is InChI=1S/C18H25N3O3/c1-3-12-24-13(2)16(22)21-10-8-18(9-11-21)17(23)19-14-6-4-5-7-15(14)20-18/h4-7,13,20H,3,8-12H2,1-2H3,(H,19,23). The molecule has 2 aliphatic rings. The van der Waals surface area contributed by atoms with E-state index in [1.165, 1.54) is 0 Å². The zero-order chi connectivity index (χ0) is 17.2. The predicted octanol–water partition coefficient (Wildman–Crippen LogP) is 2.23. The van der Waals surface area contributed by atoms with E-state index in [1.54, 1.807) is 11.8 Å². The van der Waals surface area contributed by atoms with Gasteiger partial charge in [-0.15, -0.1) is 0 Å². The summed E-state index contributed by atoms with van der Waals surface area (Å²) >= 11 is 0. The maximum Gasteiger partial charge on any atom is 0.251 e. The first kappa shape index (κ1) is 16.8. The lowest BCUT2D eigenvalue weighted by molar-refractivity contribution is -0.145. The van der Waals surface area contributed by atoms with Crippen LogP contribution < -0.4 is 10.6 Å². The maximum atomic E-state index is 12.6. The lowest BCUT2D eigenvalue weighted by atomic mass is 9.84. The van der Waals surface area contributed by atoms with Crippen LogP contribution in [-0.4, -0.2) is 48.1 Å². The molecule has 1 unspecified atom stereocenters. The van der Waals surface area contributed by atoms with Crippen molar-refractivity contribution in [1.82, 2.24) is 4.90 Å². The molecule has 1 aromatic carbocycles. The third-order valence-electron chi connectivity index (χ3n) is 4.83. The number of hydrogen-bond acceptors (Lipinski definition) is 4. The first-order valence-corrected chi connectivity index (χ1v) is 8.65. The second-order valence-corrected chi connectivity index (χ2v) is 6.55. The number of likely N-dealkylation sites (tertiary alicyclic amines) is 1. The largest absolute Gasteiger partial charge is 0.369 e. The van der Waals surface area contributed by atoms with E-state index >= 15 is 0 Å². The number of benzene rings is 1. The highest BCUT2D eigenvalue weighted by molar-refractivity contribution is 6.06. The Labute approximate surface area is 142 Å². The Morgan fingerprint density at radius 2 is 1.96 bits per heavy atom. The number of carbonyl (C=O) groups excluding carboxylic acids is 2. The molecule has 0 bridgehead atoms. The summed E-state index contributed by atoms with van der Waals surface area (Å²) in [5.74, 6) is -0.00139. The number of ether oxygens (including phenoxy) is 1. The summed E-state index contributed by atoms with van der Waals surface area (Å²) in [5, 5.41) is 6.39. The molecular formula is C18H25N3O3. The number of anilines is 2. The van der Waals surface area contributed by atoms with Crippen LogP contribution in [0.15, 0.2) is 24.3 Å². The van der Waals surface area contributed by atoms with Gasteiger partial charge in [0.2, 0.25) is 5.91 Å². The molecule has 2 amide bonds. The molecule has 1 atom stereocenters. The van der Waals surface area contributed by atoms with Crippen LogP contribution in [0.5, 0.6) is 0 Å². The van der Waals surface area contributed by atoms with E-state index in [0.717, 1.165) is 17.8 Å². The van der Waals surface area contributed by atoms with Crippen molar-refractivity contribution in [3.63, 3.8) is 0 Å². The maximum absolute atomic E-state index is 12.6. The van der Waals surface area contributed by atoms with Crippen molar-refractivity contribution >= 4 is 23.2 Å². The molecule has 1 saturated heterocycles. The molecule has 6 heteroatoms. The van der Waals surface area contributed by atoms with Gasteiger partial charge in [0.1, 0.15) is 11.6 Å². The number of carbonyl (C=O) groups is 2. The van der Waals surface area contributed by atoms with Gasteiger partial charge in [0.15, 0.2) is 0 Å². The van der Waals surface area contributed by atoms with Gasteiger partial charge >= 0.3 is 0 Å². The number of rotatable bonds is 4. The van der Waals surface area contributed by atoms with Gasteiger partial charge in [0, 0.05) is 19.7 Å². The average Bonchev–Trinajstić information content (AvgIpc) is 2.60. The minimum atomic E-state index is -0.626. The predicted molar refractivity (Wildman–Crippen MR) is 92.9 cm³/mol. The van der Waals surface area contributed by atoms with E-state index < -0.39 is 11.6 Å². The van der Waals surface area contributed by atoms with Gasteiger partial charge in [-0.05, 0) is 38.3 Å². The quantitative estimate of drug-likeness (QED) is 0.887. The van der Waals surface area contributed by atoms with Crippen LogP contribution in [0.3, 0.4) is 0 Å². The van der Waals surface area contributed by atoms with Crippen LogP contribution in [-0.2, 0) is 14.3 Å². The second-order valence-electron chi connectivity index (χ2n) is 6.55. The summed E-state index contributed by atoms with van der Waals surface area (Å²) in [4.78, 5) is 26.8. The zero-order valence-electron chi connectivity index (χ0n) is 14.3. The first-order chi connectivity index (χ1) is 11.6. The van der Waals surface area contributed by atoms with E-state index in [1.807, 2.05) is 31.2 Å². The van der Waals surface area contributed by atoms with Crippen molar-refractivity contribution in [2.75, 3.05) is 30.3 Å². The molecule has 1 fully saturated rings. The molecule has 2 N–H and O–H groups in total. The Kier molecular flexibility index (Phi) is 4.76. The summed E-state index contributed by atoms with van der Waals surface area (Å²) in [5.41, 5.74) is 1.13. The average molecular weight is 331 g/mol. The van der Waals surface area contributed by atoms with E-state index in [0.29, 0.717) is 32.5 Å². The van der Waals surface area contributed by atoms with Crippen LogP contribution in [0, 0.1) is 0 Å². The number of nitrogens with zero attached hydrogens (tertiary/aromatic N) is 1. The van der Waals surface area contributed by atoms with Crippen LogP contribution in [0.25, 0.3) is 0 Å². The molecule has 2 heterocycles. The fraction of sp³-hybridized carbons (Fsp3) is 0.556. The zero-order valence-corrected chi connectivity index (χ0v) is 14.3. The minimum absolute atomic E-state index is 0.00918. The SMILES string of the molecule is CCCOC(C)C(=O)N1CCC2(CC1)Nc1ccccc1NC2=O. The lowest BCUT2D eigenvalue weighted by Gasteiger charge is -2.44. The van der Waals surface area contributed by atoms with Crippen LogP contribution >= 0.6 is 0 Å². The number of para-hydroxylation sites is 2. The molecule has 1 spiro atoms. The Morgan fingerprint density at radius 3 is 2.62 bits per heavy atom. The van der Waals surface area contributed by atoms with Crippen molar-refractivity contribution in [2.24, 2.45) is 0 Å². The summed E-state index contributed by atoms with van der Waals surface area (Å²) in [6.07, 6.45) is 1.66. The minimum Gasteiger partial charge on any atom is -0.369 e. The van der Waals surface area contributed by atoms with Gasteiger partial charge in [0.05, 0.1) is 11.4 Å². The molecule has 0 aromatic heterocycles. The third-order valence-corrected chi connectivity index (χ3v) is 4.83. The molecule has 130 valence electrons. The molecule has 0 radical (unpaired) electrons. The van der Waals surface area contributed by atoms with Gasteiger partial charge in [-0.1, -0.05) is 19.1 Å². The van der Waals surface area contributed by atoms with E-state index in [9.17, 15) is 9.59 Å². The van der Waals surface area contributed by atoms with Gasteiger partial charge in [-0.2, -0.15) is 0 Å².